The average Bonchev–Trinajstić information content (AvgIpc) is 2.74. The molecular weight excluding hydrogens is 312 g/mol. The van der Waals surface area contributed by atoms with Gasteiger partial charge in [-0.15, -0.1) is 0 Å². The molecule has 3 aromatic rings. The first-order valence-electron chi connectivity index (χ1n) is 5.57. The van der Waals surface area contributed by atoms with Crippen molar-refractivity contribution in [3.63, 3.8) is 0 Å². The van der Waals surface area contributed by atoms with Crippen molar-refractivity contribution in [2.24, 2.45) is 0 Å². The Morgan fingerprint density at radius 3 is 2.83 bits per heavy atom. The Labute approximate surface area is 118 Å². The van der Waals surface area contributed by atoms with Gasteiger partial charge in [-0.3, -0.25) is 4.98 Å². The van der Waals surface area contributed by atoms with Crippen LogP contribution in [-0.2, 0) is 6.54 Å². The monoisotopic (exact) mass is 320 g/mol. The summed E-state index contributed by atoms with van der Waals surface area (Å²) in [5.74, 6) is 0. The fourth-order valence-corrected chi connectivity index (χ4v) is 2.40. The number of halogens is 2. The number of hydrogen-bond donors (Lipinski definition) is 0. The molecule has 2 nitrogen and oxygen atoms in total. The molecule has 0 fully saturated rings. The third-order valence-corrected chi connectivity index (χ3v) is 3.56. The van der Waals surface area contributed by atoms with Gasteiger partial charge in [-0.2, -0.15) is 0 Å². The van der Waals surface area contributed by atoms with Crippen LogP contribution < -0.4 is 0 Å². The quantitative estimate of drug-likeness (QED) is 0.679. The van der Waals surface area contributed by atoms with Crippen LogP contribution in [-0.4, -0.2) is 9.55 Å². The molecule has 4 heteroatoms. The first-order valence-corrected chi connectivity index (χ1v) is 6.74. The Bertz CT molecular complexity index is 689. The maximum absolute atomic E-state index is 5.98. The smallest absolute Gasteiger partial charge is 0.0648 e. The zero-order valence-corrected chi connectivity index (χ0v) is 11.8. The SMILES string of the molecule is Clc1ccc2c(ccn2Cc2ccc(Br)cn2)c1. The van der Waals surface area contributed by atoms with Crippen molar-refractivity contribution in [2.75, 3.05) is 0 Å². The van der Waals surface area contributed by atoms with E-state index < -0.39 is 0 Å². The summed E-state index contributed by atoms with van der Waals surface area (Å²) < 4.78 is 3.16. The highest BCUT2D eigenvalue weighted by molar-refractivity contribution is 9.10. The fraction of sp³-hybridized carbons (Fsp3) is 0.0714. The molecule has 90 valence electrons. The van der Waals surface area contributed by atoms with Gasteiger partial charge < -0.3 is 4.57 Å². The van der Waals surface area contributed by atoms with Crippen molar-refractivity contribution in [2.45, 2.75) is 6.54 Å². The predicted molar refractivity (Wildman–Crippen MR) is 78.0 cm³/mol. The van der Waals surface area contributed by atoms with E-state index in [-0.39, 0.29) is 0 Å². The highest BCUT2D eigenvalue weighted by Gasteiger charge is 2.03. The Morgan fingerprint density at radius 2 is 2.06 bits per heavy atom. The number of fused-ring (bicyclic) bond motifs is 1. The van der Waals surface area contributed by atoms with Crippen molar-refractivity contribution in [1.29, 1.82) is 0 Å². The Kier molecular flexibility index (Phi) is 3.10. The molecule has 0 N–H and O–H groups in total. The fourth-order valence-electron chi connectivity index (χ4n) is 1.98. The zero-order chi connectivity index (χ0) is 12.5. The van der Waals surface area contributed by atoms with E-state index in [1.54, 1.807) is 0 Å². The Morgan fingerprint density at radius 1 is 1.17 bits per heavy atom. The summed E-state index contributed by atoms with van der Waals surface area (Å²) in [5, 5.41) is 1.92. The molecule has 3 rings (SSSR count). The Hall–Kier alpha value is -1.32. The van der Waals surface area contributed by atoms with E-state index in [0.29, 0.717) is 0 Å². The molecule has 0 bridgehead atoms. The van der Waals surface area contributed by atoms with Gasteiger partial charge in [0.05, 0.1) is 12.2 Å². The molecule has 0 saturated carbocycles. The molecule has 0 unspecified atom stereocenters. The summed E-state index contributed by atoms with van der Waals surface area (Å²) >= 11 is 9.37. The van der Waals surface area contributed by atoms with Crippen LogP contribution in [0.3, 0.4) is 0 Å². The highest BCUT2D eigenvalue weighted by atomic mass is 79.9. The first-order chi connectivity index (χ1) is 8.72. The van der Waals surface area contributed by atoms with Crippen molar-refractivity contribution in [3.05, 3.63) is 64.0 Å². The molecule has 0 aliphatic carbocycles. The van der Waals surface area contributed by atoms with Gasteiger partial charge >= 0.3 is 0 Å². The number of nitrogens with zero attached hydrogens (tertiary/aromatic N) is 2. The Balaban J connectivity index is 1.97. The van der Waals surface area contributed by atoms with Gasteiger partial charge in [0.15, 0.2) is 0 Å². The lowest BCUT2D eigenvalue weighted by molar-refractivity contribution is 0.807. The van der Waals surface area contributed by atoms with Crippen LogP contribution in [0, 0.1) is 0 Å². The highest BCUT2D eigenvalue weighted by Crippen LogP contribution is 2.21. The molecule has 2 aromatic heterocycles. The van der Waals surface area contributed by atoms with Gasteiger partial charge in [0.1, 0.15) is 0 Å². The molecule has 18 heavy (non-hydrogen) atoms. The van der Waals surface area contributed by atoms with Crippen LogP contribution >= 0.6 is 27.5 Å². The normalized spacial score (nSPS) is 11.0. The van der Waals surface area contributed by atoms with Crippen LogP contribution in [0.25, 0.3) is 10.9 Å². The van der Waals surface area contributed by atoms with E-state index in [1.807, 2.05) is 36.5 Å². The maximum Gasteiger partial charge on any atom is 0.0648 e. The van der Waals surface area contributed by atoms with E-state index in [1.165, 1.54) is 5.52 Å². The van der Waals surface area contributed by atoms with Crippen LogP contribution in [0.2, 0.25) is 5.02 Å². The second kappa shape index (κ2) is 4.75. The van der Waals surface area contributed by atoms with Crippen LogP contribution in [0.4, 0.5) is 0 Å². The van der Waals surface area contributed by atoms with Crippen molar-refractivity contribution >= 4 is 38.4 Å². The molecule has 0 radical (unpaired) electrons. The average molecular weight is 322 g/mol. The minimum Gasteiger partial charge on any atom is -0.341 e. The lowest BCUT2D eigenvalue weighted by atomic mass is 10.2. The number of rotatable bonds is 2. The number of aromatic nitrogens is 2. The first kappa shape index (κ1) is 11.8. The zero-order valence-electron chi connectivity index (χ0n) is 9.48. The molecule has 1 aromatic carbocycles. The topological polar surface area (TPSA) is 17.8 Å². The molecule has 0 amide bonds. The molecule has 0 aliphatic heterocycles. The van der Waals surface area contributed by atoms with Crippen LogP contribution in [0.1, 0.15) is 5.69 Å². The minimum atomic E-state index is 0.762. The van der Waals surface area contributed by atoms with Gasteiger partial charge in [0.2, 0.25) is 0 Å². The van der Waals surface area contributed by atoms with E-state index in [0.717, 1.165) is 27.1 Å². The lowest BCUT2D eigenvalue weighted by Crippen LogP contribution is -1.99. The van der Waals surface area contributed by atoms with Gasteiger partial charge in [-0.05, 0) is 52.3 Å². The summed E-state index contributed by atoms with van der Waals surface area (Å²) in [7, 11) is 0. The van der Waals surface area contributed by atoms with Gasteiger partial charge in [0, 0.05) is 32.8 Å². The van der Waals surface area contributed by atoms with E-state index in [9.17, 15) is 0 Å². The second-order valence-electron chi connectivity index (χ2n) is 4.11. The summed E-state index contributed by atoms with van der Waals surface area (Å²) in [6.45, 7) is 0.762. The standard InChI is InChI=1S/C14H10BrClN2/c15-11-1-3-13(17-8-11)9-18-6-5-10-7-12(16)2-4-14(10)18/h1-8H,9H2. The summed E-state index contributed by atoms with van der Waals surface area (Å²) in [5.41, 5.74) is 2.20. The molecule has 0 aliphatic rings. The number of benzene rings is 1. The van der Waals surface area contributed by atoms with E-state index in [4.69, 9.17) is 11.6 Å². The molecule has 0 saturated heterocycles. The van der Waals surface area contributed by atoms with Crippen molar-refractivity contribution in [1.82, 2.24) is 9.55 Å². The van der Waals surface area contributed by atoms with Gasteiger partial charge in [-0.25, -0.2) is 0 Å². The van der Waals surface area contributed by atoms with Crippen molar-refractivity contribution in [3.8, 4) is 0 Å². The molecule has 2 heterocycles. The van der Waals surface area contributed by atoms with Crippen LogP contribution in [0.5, 0.6) is 0 Å². The second-order valence-corrected chi connectivity index (χ2v) is 5.47. The van der Waals surface area contributed by atoms with Gasteiger partial charge in [-0.1, -0.05) is 11.6 Å². The predicted octanol–water partition coefficient (Wildman–Crippen LogP) is 4.50. The van der Waals surface area contributed by atoms with Crippen LogP contribution in [0.15, 0.2) is 53.3 Å². The maximum atomic E-state index is 5.98. The largest absolute Gasteiger partial charge is 0.341 e. The molecule has 0 spiro atoms. The molecule has 0 atom stereocenters. The van der Waals surface area contributed by atoms with Gasteiger partial charge in [0.25, 0.3) is 0 Å². The summed E-state index contributed by atoms with van der Waals surface area (Å²) in [6, 6.07) is 12.0. The summed E-state index contributed by atoms with van der Waals surface area (Å²) in [6.07, 6.45) is 3.88. The number of pyridine rings is 1. The van der Waals surface area contributed by atoms with E-state index in [2.05, 4.69) is 37.7 Å². The lowest BCUT2D eigenvalue weighted by Gasteiger charge is -2.05. The third kappa shape index (κ3) is 2.28. The summed E-state index contributed by atoms with van der Waals surface area (Å²) in [4.78, 5) is 4.38. The number of hydrogen-bond acceptors (Lipinski definition) is 1. The third-order valence-electron chi connectivity index (χ3n) is 2.85. The minimum absolute atomic E-state index is 0.762. The van der Waals surface area contributed by atoms with E-state index >= 15 is 0 Å². The molecular formula is C14H10BrClN2. The van der Waals surface area contributed by atoms with Crippen molar-refractivity contribution < 1.29 is 0 Å².